The summed E-state index contributed by atoms with van der Waals surface area (Å²) in [4.78, 5) is 16.1. The molecule has 2 rings (SSSR count). The fourth-order valence-electron chi connectivity index (χ4n) is 1.93. The van der Waals surface area contributed by atoms with Crippen LogP contribution in [-0.4, -0.2) is 17.7 Å². The van der Waals surface area contributed by atoms with Gasteiger partial charge in [0.2, 0.25) is 0 Å². The first-order valence-electron chi connectivity index (χ1n) is 5.99. The van der Waals surface area contributed by atoms with E-state index in [0.29, 0.717) is 5.57 Å². The number of nitriles is 1. The Morgan fingerprint density at radius 2 is 2.25 bits per heavy atom. The van der Waals surface area contributed by atoms with Gasteiger partial charge in [-0.1, -0.05) is 12.1 Å². The quantitative estimate of drug-likeness (QED) is 0.641. The van der Waals surface area contributed by atoms with Crippen LogP contribution in [0.1, 0.15) is 17.3 Å². The number of nitrogens with two attached hydrogens (primary N) is 2. The highest BCUT2D eigenvalue weighted by atomic mass is 19.1. The lowest BCUT2D eigenvalue weighted by atomic mass is 9.90. The van der Waals surface area contributed by atoms with Gasteiger partial charge in [0, 0.05) is 5.57 Å². The second kappa shape index (κ2) is 5.13. The van der Waals surface area contributed by atoms with Crippen molar-refractivity contribution in [1.82, 2.24) is 0 Å². The van der Waals surface area contributed by atoms with Crippen molar-refractivity contribution >= 4 is 17.3 Å². The number of rotatable bonds is 3. The minimum atomic E-state index is -0.859. The summed E-state index contributed by atoms with van der Waals surface area (Å²) in [5, 5.41) is 8.78. The molecule has 0 amide bonds. The fourth-order valence-corrected chi connectivity index (χ4v) is 1.93. The van der Waals surface area contributed by atoms with Crippen LogP contribution in [0.15, 0.2) is 34.8 Å². The zero-order chi connectivity index (χ0) is 14.9. The molecule has 1 aliphatic rings. The maximum atomic E-state index is 13.8. The minimum Gasteiger partial charge on any atom is -0.396 e. The number of hydrogen-bond donors (Lipinski definition) is 2. The number of Topliss-reactive ketones (excluding diaryl/α,β-unsaturated/α-hetero) is 1. The van der Waals surface area contributed by atoms with Gasteiger partial charge in [0.25, 0.3) is 0 Å². The number of hydrogen-bond acceptors (Lipinski definition) is 5. The number of nitrogen functional groups attached to an aromatic ring is 1. The monoisotopic (exact) mass is 272 g/mol. The summed E-state index contributed by atoms with van der Waals surface area (Å²) in [6.07, 6.45) is 1.56. The van der Waals surface area contributed by atoms with Crippen molar-refractivity contribution in [2.45, 2.75) is 13.0 Å². The smallest absolute Gasteiger partial charge is 0.195 e. The van der Waals surface area contributed by atoms with Crippen molar-refractivity contribution in [3.63, 3.8) is 0 Å². The highest BCUT2D eigenvalue weighted by molar-refractivity contribution is 6.16. The number of benzene rings is 1. The Kier molecular flexibility index (Phi) is 3.53. The number of carbonyl (C=O) groups excluding carboxylic acids is 1. The number of anilines is 1. The van der Waals surface area contributed by atoms with Gasteiger partial charge in [0.05, 0.1) is 23.2 Å². The van der Waals surface area contributed by atoms with Gasteiger partial charge in [-0.25, -0.2) is 4.39 Å². The van der Waals surface area contributed by atoms with Crippen LogP contribution in [0.2, 0.25) is 0 Å². The number of halogens is 1. The van der Waals surface area contributed by atoms with E-state index in [4.69, 9.17) is 16.7 Å². The second-order valence-corrected chi connectivity index (χ2v) is 4.53. The highest BCUT2D eigenvalue weighted by Gasteiger charge is 2.34. The summed E-state index contributed by atoms with van der Waals surface area (Å²) in [6, 6.07) is 5.38. The van der Waals surface area contributed by atoms with Crippen molar-refractivity contribution < 1.29 is 9.18 Å². The van der Waals surface area contributed by atoms with Crippen LogP contribution in [0, 0.1) is 23.1 Å². The van der Waals surface area contributed by atoms with E-state index in [9.17, 15) is 9.18 Å². The molecule has 6 heteroatoms. The van der Waals surface area contributed by atoms with Crippen molar-refractivity contribution in [2.24, 2.45) is 16.6 Å². The molecule has 0 spiro atoms. The molecule has 0 bridgehead atoms. The molecule has 0 saturated carbocycles. The van der Waals surface area contributed by atoms with E-state index in [1.165, 1.54) is 18.2 Å². The summed E-state index contributed by atoms with van der Waals surface area (Å²) in [7, 11) is 0. The maximum Gasteiger partial charge on any atom is 0.195 e. The molecule has 0 aliphatic carbocycles. The normalized spacial score (nSPS) is 20.8. The molecule has 1 aromatic rings. The third-order valence-electron chi connectivity index (χ3n) is 3.03. The van der Waals surface area contributed by atoms with E-state index < -0.39 is 23.6 Å². The van der Waals surface area contributed by atoms with E-state index in [2.05, 4.69) is 4.99 Å². The van der Waals surface area contributed by atoms with Gasteiger partial charge in [-0.15, -0.1) is 0 Å². The predicted octanol–water partition coefficient (Wildman–Crippen LogP) is 1.42. The highest BCUT2D eigenvalue weighted by Crippen LogP contribution is 2.26. The maximum absolute atomic E-state index is 13.8. The second-order valence-electron chi connectivity index (χ2n) is 4.53. The van der Waals surface area contributed by atoms with Crippen molar-refractivity contribution in [3.8, 4) is 6.07 Å². The van der Waals surface area contributed by atoms with Crippen LogP contribution >= 0.6 is 0 Å². The van der Waals surface area contributed by atoms with E-state index in [-0.39, 0.29) is 17.1 Å². The molecule has 2 atom stereocenters. The summed E-state index contributed by atoms with van der Waals surface area (Å²) in [5.74, 6) is -1.47. The number of allylic oxidation sites excluding steroid dienone is 1. The van der Waals surface area contributed by atoms with Gasteiger partial charge in [0.15, 0.2) is 11.6 Å². The molecule has 20 heavy (non-hydrogen) atoms. The Bertz CT molecular complexity index is 672. The Labute approximate surface area is 115 Å². The third kappa shape index (κ3) is 2.26. The minimum absolute atomic E-state index is 0.0944. The molecular weight excluding hydrogens is 259 g/mol. The zero-order valence-corrected chi connectivity index (χ0v) is 10.8. The van der Waals surface area contributed by atoms with E-state index in [0.717, 1.165) is 0 Å². The number of amidine groups is 1. The van der Waals surface area contributed by atoms with Gasteiger partial charge in [0.1, 0.15) is 11.9 Å². The van der Waals surface area contributed by atoms with Crippen LogP contribution < -0.4 is 11.5 Å². The standard InChI is InChI=1S/C14H13FN4O/c1-7(6-16)5-9-12(19-14(9)18)13(20)8-3-2-4-10(17)11(8)15/h2-5,7,12H,17H2,1H3,(H2,18,19)/b9-5-. The van der Waals surface area contributed by atoms with Gasteiger partial charge >= 0.3 is 0 Å². The van der Waals surface area contributed by atoms with Crippen LogP contribution in [0.25, 0.3) is 0 Å². The molecule has 2 unspecified atom stereocenters. The fraction of sp³-hybridized carbons (Fsp3) is 0.214. The topological polar surface area (TPSA) is 105 Å². The average molecular weight is 272 g/mol. The summed E-state index contributed by atoms with van der Waals surface area (Å²) in [5.41, 5.74) is 11.3. The Morgan fingerprint density at radius 1 is 1.55 bits per heavy atom. The molecule has 102 valence electrons. The van der Waals surface area contributed by atoms with E-state index >= 15 is 0 Å². The molecule has 0 aromatic heterocycles. The molecule has 1 aliphatic heterocycles. The molecule has 1 heterocycles. The van der Waals surface area contributed by atoms with Crippen LogP contribution in [0.4, 0.5) is 10.1 Å². The van der Waals surface area contributed by atoms with Crippen LogP contribution in [0.5, 0.6) is 0 Å². The zero-order valence-electron chi connectivity index (χ0n) is 10.8. The van der Waals surface area contributed by atoms with Gasteiger partial charge in [-0.05, 0) is 19.1 Å². The van der Waals surface area contributed by atoms with Gasteiger partial charge < -0.3 is 11.5 Å². The number of ketones is 1. The average Bonchev–Trinajstić information content (AvgIpc) is 2.44. The molecule has 0 radical (unpaired) electrons. The molecule has 5 nitrogen and oxygen atoms in total. The lowest BCUT2D eigenvalue weighted by Gasteiger charge is -2.25. The molecule has 0 fully saturated rings. The summed E-state index contributed by atoms with van der Waals surface area (Å²) < 4.78 is 13.8. The summed E-state index contributed by atoms with van der Waals surface area (Å²) in [6.45, 7) is 1.67. The SMILES string of the molecule is CC(C#N)/C=C1\C(N)=NC1C(=O)c1cccc(N)c1F. The first-order valence-corrected chi connectivity index (χ1v) is 5.99. The Morgan fingerprint density at radius 3 is 2.85 bits per heavy atom. The summed E-state index contributed by atoms with van der Waals surface area (Å²) >= 11 is 0. The number of nitrogens with zero attached hydrogens (tertiary/aromatic N) is 2. The molecule has 1 aromatic carbocycles. The number of carbonyl (C=O) groups is 1. The number of aliphatic imine (C=N–C) groups is 1. The van der Waals surface area contributed by atoms with Crippen LogP contribution in [-0.2, 0) is 0 Å². The first-order chi connectivity index (χ1) is 9.45. The largest absolute Gasteiger partial charge is 0.396 e. The Hall–Kier alpha value is -2.68. The lowest BCUT2D eigenvalue weighted by Crippen LogP contribution is -2.40. The van der Waals surface area contributed by atoms with E-state index in [1.54, 1.807) is 13.0 Å². The van der Waals surface area contributed by atoms with Crippen molar-refractivity contribution in [3.05, 3.63) is 41.2 Å². The Balaban J connectivity index is 2.34. The first kappa shape index (κ1) is 13.7. The lowest BCUT2D eigenvalue weighted by molar-refractivity contribution is 0.0968. The van der Waals surface area contributed by atoms with Crippen molar-refractivity contribution in [2.75, 3.05) is 5.73 Å². The van der Waals surface area contributed by atoms with Gasteiger partial charge in [-0.2, -0.15) is 5.26 Å². The molecule has 0 saturated heterocycles. The third-order valence-corrected chi connectivity index (χ3v) is 3.03. The van der Waals surface area contributed by atoms with Gasteiger partial charge in [-0.3, -0.25) is 9.79 Å². The predicted molar refractivity (Wildman–Crippen MR) is 73.4 cm³/mol. The molecule has 4 N–H and O–H groups in total. The van der Waals surface area contributed by atoms with Crippen molar-refractivity contribution in [1.29, 1.82) is 5.26 Å². The van der Waals surface area contributed by atoms with E-state index in [1.807, 2.05) is 6.07 Å². The van der Waals surface area contributed by atoms with Crippen LogP contribution in [0.3, 0.4) is 0 Å². The molecular formula is C14H13FN4O.